The lowest BCUT2D eigenvalue weighted by atomic mass is 9.98. The van der Waals surface area contributed by atoms with Crippen LogP contribution in [0.4, 0.5) is 0 Å². The molecule has 13 aromatic rings. The van der Waals surface area contributed by atoms with Crippen LogP contribution in [-0.2, 0) is 0 Å². The van der Waals surface area contributed by atoms with E-state index < -0.39 is 8.07 Å². The maximum absolute atomic E-state index is 5.40. The lowest BCUT2D eigenvalue weighted by molar-refractivity contribution is 1.07. The molecule has 3 aromatic heterocycles. The highest BCUT2D eigenvalue weighted by Gasteiger charge is 2.41. The van der Waals surface area contributed by atoms with Crippen molar-refractivity contribution in [3.63, 3.8) is 0 Å². The fourth-order valence-electron chi connectivity index (χ4n) is 10.5. The number of benzene rings is 10. The maximum Gasteiger partial charge on any atom is 0.179 e. The van der Waals surface area contributed by atoms with E-state index in [1.807, 2.05) is 11.3 Å². The second-order valence-electron chi connectivity index (χ2n) is 17.5. The zero-order valence-electron chi connectivity index (χ0n) is 37.4. The van der Waals surface area contributed by atoms with Crippen LogP contribution in [0.3, 0.4) is 0 Å². The van der Waals surface area contributed by atoms with Crippen LogP contribution in [0.25, 0.3) is 93.0 Å². The van der Waals surface area contributed by atoms with Crippen molar-refractivity contribution in [2.24, 2.45) is 0 Å². The third-order valence-electron chi connectivity index (χ3n) is 13.6. The zero-order valence-corrected chi connectivity index (χ0v) is 39.3. The summed E-state index contributed by atoms with van der Waals surface area (Å²) < 4.78 is 4.93. The monoisotopic (exact) mass is 914 g/mol. The fourth-order valence-corrected chi connectivity index (χ4v) is 16.4. The molecule has 0 N–H and O–H groups in total. The number of para-hydroxylation sites is 2. The Morgan fingerprint density at radius 3 is 1.38 bits per heavy atom. The molecule has 10 aromatic carbocycles. The van der Waals surface area contributed by atoms with E-state index in [-0.39, 0.29) is 0 Å². The predicted molar refractivity (Wildman–Crippen MR) is 292 cm³/mol. The highest BCUT2D eigenvalue weighted by Crippen LogP contribution is 2.40. The van der Waals surface area contributed by atoms with Crippen LogP contribution in [0.1, 0.15) is 0 Å². The first-order valence-electron chi connectivity index (χ1n) is 23.3. The molecule has 0 aliphatic heterocycles. The van der Waals surface area contributed by atoms with Gasteiger partial charge in [0.2, 0.25) is 0 Å². The van der Waals surface area contributed by atoms with Crippen molar-refractivity contribution in [2.75, 3.05) is 0 Å². The first-order chi connectivity index (χ1) is 34.2. The summed E-state index contributed by atoms with van der Waals surface area (Å²) in [5.41, 5.74) is 8.47. The number of rotatable bonds is 9. The Hall–Kier alpha value is -8.55. The van der Waals surface area contributed by atoms with E-state index in [0.29, 0.717) is 17.5 Å². The molecule has 0 saturated carbocycles. The molecule has 0 amide bonds. The van der Waals surface area contributed by atoms with E-state index in [1.165, 1.54) is 57.3 Å². The summed E-state index contributed by atoms with van der Waals surface area (Å²) in [5.74, 6) is 1.85. The summed E-state index contributed by atoms with van der Waals surface area (Å²) >= 11 is 1.84. The predicted octanol–water partition coefficient (Wildman–Crippen LogP) is 13.4. The number of hydrogen-bond donors (Lipinski definition) is 0. The summed E-state index contributed by atoms with van der Waals surface area (Å²) in [5, 5.41) is 10.2. The van der Waals surface area contributed by atoms with Crippen molar-refractivity contribution < 1.29 is 0 Å². The minimum absolute atomic E-state index is 0.610. The summed E-state index contributed by atoms with van der Waals surface area (Å²) in [6, 6.07) is 92.0. The quantitative estimate of drug-likeness (QED) is 0.107. The van der Waals surface area contributed by atoms with Crippen LogP contribution >= 0.6 is 11.3 Å². The van der Waals surface area contributed by atoms with Crippen molar-refractivity contribution >= 4 is 82.1 Å². The molecule has 0 unspecified atom stereocenters. The van der Waals surface area contributed by atoms with Crippen LogP contribution in [0.15, 0.2) is 255 Å². The van der Waals surface area contributed by atoms with Gasteiger partial charge < -0.3 is 4.57 Å². The van der Waals surface area contributed by atoms with Gasteiger partial charge in [-0.3, -0.25) is 0 Å². The van der Waals surface area contributed by atoms with Gasteiger partial charge in [0, 0.05) is 53.3 Å². The summed E-state index contributed by atoms with van der Waals surface area (Å²) in [4.78, 5) is 16.1. The molecule has 0 saturated heterocycles. The fraction of sp³-hybridized carbons (Fsp3) is 0. The van der Waals surface area contributed by atoms with Crippen LogP contribution < -0.4 is 20.7 Å². The Morgan fingerprint density at radius 2 is 0.768 bits per heavy atom. The van der Waals surface area contributed by atoms with Gasteiger partial charge in [0.1, 0.15) is 0 Å². The minimum Gasteiger partial charge on any atom is -0.309 e. The van der Waals surface area contributed by atoms with Crippen LogP contribution in [0.5, 0.6) is 0 Å². The van der Waals surface area contributed by atoms with Gasteiger partial charge in [0.25, 0.3) is 0 Å². The molecule has 13 rings (SSSR count). The van der Waals surface area contributed by atoms with E-state index in [9.17, 15) is 0 Å². The molecule has 4 nitrogen and oxygen atoms in total. The van der Waals surface area contributed by atoms with E-state index >= 15 is 0 Å². The van der Waals surface area contributed by atoms with Gasteiger partial charge in [-0.2, -0.15) is 0 Å². The second-order valence-corrected chi connectivity index (χ2v) is 22.4. The Kier molecular flexibility index (Phi) is 10.00. The molecule has 0 fully saturated rings. The maximum atomic E-state index is 5.40. The Labute approximate surface area is 405 Å². The third kappa shape index (κ3) is 6.91. The smallest absolute Gasteiger partial charge is 0.179 e. The first kappa shape index (κ1) is 40.7. The molecule has 0 atom stereocenters. The number of aromatic nitrogens is 4. The van der Waals surface area contributed by atoms with Crippen LogP contribution in [0, 0.1) is 0 Å². The Morgan fingerprint density at radius 1 is 0.319 bits per heavy atom. The highest BCUT2D eigenvalue weighted by atomic mass is 32.1. The zero-order chi connectivity index (χ0) is 45.7. The van der Waals surface area contributed by atoms with E-state index in [1.54, 1.807) is 0 Å². The molecule has 324 valence electrons. The highest BCUT2D eigenvalue weighted by molar-refractivity contribution is 7.26. The second kappa shape index (κ2) is 17.0. The molecular formula is C63H42N4SSi. The van der Waals surface area contributed by atoms with Gasteiger partial charge in [-0.25, -0.2) is 15.0 Å². The first-order valence-corrected chi connectivity index (χ1v) is 26.2. The molecule has 6 heteroatoms. The van der Waals surface area contributed by atoms with Crippen molar-refractivity contribution in [3.8, 4) is 51.0 Å². The lowest BCUT2D eigenvalue weighted by Gasteiger charge is -2.34. The molecule has 0 aliphatic rings. The van der Waals surface area contributed by atoms with Crippen molar-refractivity contribution in [1.82, 2.24) is 19.5 Å². The van der Waals surface area contributed by atoms with E-state index in [4.69, 9.17) is 15.0 Å². The Balaban J connectivity index is 1.000. The number of fused-ring (bicyclic) bond motifs is 6. The van der Waals surface area contributed by atoms with Crippen LogP contribution in [-0.4, -0.2) is 27.6 Å². The summed E-state index contributed by atoms with van der Waals surface area (Å²) in [7, 11) is -2.85. The Bertz CT molecular complexity index is 3860. The topological polar surface area (TPSA) is 43.6 Å². The number of thiophene rings is 1. The molecule has 0 radical (unpaired) electrons. The number of nitrogens with zero attached hydrogens (tertiary/aromatic N) is 4. The molecule has 0 aliphatic carbocycles. The normalized spacial score (nSPS) is 11.8. The van der Waals surface area contributed by atoms with Gasteiger partial charge in [0.15, 0.2) is 25.5 Å². The van der Waals surface area contributed by atoms with Gasteiger partial charge in [-0.1, -0.05) is 218 Å². The van der Waals surface area contributed by atoms with E-state index in [2.05, 4.69) is 259 Å². The van der Waals surface area contributed by atoms with Gasteiger partial charge in [-0.15, -0.1) is 11.3 Å². The lowest BCUT2D eigenvalue weighted by Crippen LogP contribution is -2.74. The molecule has 3 heterocycles. The minimum atomic E-state index is -2.85. The van der Waals surface area contributed by atoms with Gasteiger partial charge in [0.05, 0.1) is 11.0 Å². The van der Waals surface area contributed by atoms with Gasteiger partial charge >= 0.3 is 0 Å². The van der Waals surface area contributed by atoms with Crippen molar-refractivity contribution in [3.05, 3.63) is 255 Å². The standard InChI is InChI=1S/C63H42N4SSi/c1-4-22-48(23-5-1)69(49-24-6-2-7-25-49,50-26-8-3-9-27-50)51-28-17-20-46(42-51)63-65-61(44-39-37-43(38-40-44)52-32-18-36-59-60(52)55-31-12-15-35-58(55)68-59)64-62(66-63)45-19-16-21-47(41-45)67-56-33-13-10-29-53(56)54-30-11-14-34-57(54)67/h1-42H. The van der Waals surface area contributed by atoms with Crippen molar-refractivity contribution in [2.45, 2.75) is 0 Å². The van der Waals surface area contributed by atoms with E-state index in [0.717, 1.165) is 39.0 Å². The number of hydrogen-bond acceptors (Lipinski definition) is 4. The summed E-state index contributed by atoms with van der Waals surface area (Å²) in [6.45, 7) is 0. The third-order valence-corrected chi connectivity index (χ3v) is 19.5. The van der Waals surface area contributed by atoms with Gasteiger partial charge in [-0.05, 0) is 68.3 Å². The molecule has 69 heavy (non-hydrogen) atoms. The molecular weight excluding hydrogens is 873 g/mol. The van der Waals surface area contributed by atoms with Crippen molar-refractivity contribution in [1.29, 1.82) is 0 Å². The molecule has 0 spiro atoms. The molecule has 0 bridgehead atoms. The largest absolute Gasteiger partial charge is 0.309 e. The average molecular weight is 915 g/mol. The SMILES string of the molecule is c1ccc([Si](c2ccccc2)(c2ccccc2)c2cccc(-c3nc(-c4ccc(-c5cccc6sc7ccccc7c56)cc4)nc(-c4cccc(-n5c6ccccc6c6ccccc65)c4)n3)c2)cc1. The average Bonchev–Trinajstić information content (AvgIpc) is 3.98. The summed E-state index contributed by atoms with van der Waals surface area (Å²) in [6.07, 6.45) is 0. The van der Waals surface area contributed by atoms with Crippen LogP contribution in [0.2, 0.25) is 0 Å².